The molecule has 130 valence electrons. The van der Waals surface area contributed by atoms with Crippen LogP contribution in [0.25, 0.3) is 0 Å². The number of amides is 2. The highest BCUT2D eigenvalue weighted by Crippen LogP contribution is 2.31. The number of carbonyl (C=O) groups is 2. The molecule has 1 atom stereocenters. The fourth-order valence-corrected chi connectivity index (χ4v) is 4.80. The topological polar surface area (TPSA) is 84.0 Å². The molecule has 0 N–H and O–H groups in total. The van der Waals surface area contributed by atoms with Gasteiger partial charge in [0.15, 0.2) is 9.84 Å². The van der Waals surface area contributed by atoms with Gasteiger partial charge in [0.05, 0.1) is 30.2 Å². The maximum Gasteiger partial charge on any atom is 0.242 e. The Balaban J connectivity index is 1.77. The molecule has 0 bridgehead atoms. The molecule has 0 saturated carbocycles. The van der Waals surface area contributed by atoms with E-state index < -0.39 is 9.84 Å². The number of sulfone groups is 1. The van der Waals surface area contributed by atoms with Crippen LogP contribution < -0.4 is 9.64 Å². The van der Waals surface area contributed by atoms with E-state index in [0.29, 0.717) is 17.9 Å². The number of nitrogens with zero attached hydrogens (tertiary/aromatic N) is 2. The van der Waals surface area contributed by atoms with Crippen LogP contribution in [0.4, 0.5) is 5.69 Å². The molecular weight excluding hydrogens is 332 g/mol. The van der Waals surface area contributed by atoms with Crippen LogP contribution in [0.3, 0.4) is 0 Å². The molecule has 1 saturated heterocycles. The van der Waals surface area contributed by atoms with Crippen molar-refractivity contribution in [3.8, 4) is 5.75 Å². The molecule has 0 spiro atoms. The van der Waals surface area contributed by atoms with Crippen LogP contribution in [0.1, 0.15) is 12.8 Å². The minimum Gasteiger partial charge on any atom is -0.491 e. The van der Waals surface area contributed by atoms with E-state index in [-0.39, 0.29) is 48.9 Å². The second-order valence-electron chi connectivity index (χ2n) is 6.11. The highest BCUT2D eigenvalue weighted by atomic mass is 32.2. The number of anilines is 1. The smallest absolute Gasteiger partial charge is 0.242 e. The van der Waals surface area contributed by atoms with Crippen LogP contribution in [0.2, 0.25) is 0 Å². The largest absolute Gasteiger partial charge is 0.491 e. The zero-order chi connectivity index (χ0) is 17.3. The molecule has 2 aliphatic rings. The average Bonchev–Trinajstić information content (AvgIpc) is 2.84. The third kappa shape index (κ3) is 3.38. The van der Waals surface area contributed by atoms with Gasteiger partial charge in [-0.2, -0.15) is 0 Å². The van der Waals surface area contributed by atoms with E-state index in [2.05, 4.69) is 0 Å². The second-order valence-corrected chi connectivity index (χ2v) is 8.34. The number of carbonyl (C=O) groups excluding carboxylic acids is 2. The van der Waals surface area contributed by atoms with Gasteiger partial charge < -0.3 is 9.64 Å². The lowest BCUT2D eigenvalue weighted by molar-refractivity contribution is -0.131. The Morgan fingerprint density at radius 2 is 2.12 bits per heavy atom. The fraction of sp³-hybridized carbons (Fsp3) is 0.500. The summed E-state index contributed by atoms with van der Waals surface area (Å²) >= 11 is 0. The third-order valence-electron chi connectivity index (χ3n) is 4.47. The summed E-state index contributed by atoms with van der Waals surface area (Å²) in [6, 6.07) is 6.77. The Labute approximate surface area is 141 Å². The molecule has 2 amide bonds. The monoisotopic (exact) mass is 352 g/mol. The lowest BCUT2D eigenvalue weighted by atomic mass is 10.2. The predicted molar refractivity (Wildman–Crippen MR) is 88.7 cm³/mol. The molecule has 3 rings (SSSR count). The van der Waals surface area contributed by atoms with Crippen molar-refractivity contribution in [3.05, 3.63) is 24.3 Å². The Bertz CT molecular complexity index is 761. The van der Waals surface area contributed by atoms with Crippen LogP contribution in [0.15, 0.2) is 24.3 Å². The van der Waals surface area contributed by atoms with Crippen molar-refractivity contribution in [1.82, 2.24) is 4.90 Å². The van der Waals surface area contributed by atoms with Gasteiger partial charge in [-0.15, -0.1) is 0 Å². The van der Waals surface area contributed by atoms with Crippen molar-refractivity contribution < 1.29 is 22.7 Å². The van der Waals surface area contributed by atoms with E-state index in [0.717, 1.165) is 0 Å². The van der Waals surface area contributed by atoms with Crippen molar-refractivity contribution in [2.75, 3.05) is 36.6 Å². The van der Waals surface area contributed by atoms with Gasteiger partial charge >= 0.3 is 0 Å². The normalized spacial score (nSPS) is 22.5. The second kappa shape index (κ2) is 6.43. The molecule has 2 heterocycles. The molecule has 1 aromatic rings. The highest BCUT2D eigenvalue weighted by Gasteiger charge is 2.34. The van der Waals surface area contributed by atoms with Gasteiger partial charge in [-0.05, 0) is 18.6 Å². The maximum atomic E-state index is 12.6. The van der Waals surface area contributed by atoms with Crippen molar-refractivity contribution in [1.29, 1.82) is 0 Å². The predicted octanol–water partition coefficient (Wildman–Crippen LogP) is 0.448. The third-order valence-corrected chi connectivity index (χ3v) is 6.22. The minimum absolute atomic E-state index is 0.0110. The summed E-state index contributed by atoms with van der Waals surface area (Å²) in [7, 11) is -1.47. The van der Waals surface area contributed by atoms with Crippen LogP contribution in [0.5, 0.6) is 5.75 Å². The van der Waals surface area contributed by atoms with E-state index >= 15 is 0 Å². The molecule has 1 aromatic carbocycles. The van der Waals surface area contributed by atoms with E-state index in [1.54, 1.807) is 25.2 Å². The molecule has 0 aromatic heterocycles. The van der Waals surface area contributed by atoms with Crippen molar-refractivity contribution >= 4 is 27.3 Å². The summed E-state index contributed by atoms with van der Waals surface area (Å²) in [6.45, 7) is 0.156. The van der Waals surface area contributed by atoms with E-state index in [4.69, 9.17) is 4.74 Å². The summed E-state index contributed by atoms with van der Waals surface area (Å²) in [5.74, 6) is 0.211. The van der Waals surface area contributed by atoms with Crippen LogP contribution in [-0.2, 0) is 19.4 Å². The summed E-state index contributed by atoms with van der Waals surface area (Å²) in [6.07, 6.45) is 0.641. The van der Waals surface area contributed by atoms with E-state index in [9.17, 15) is 18.0 Å². The van der Waals surface area contributed by atoms with Gasteiger partial charge in [-0.3, -0.25) is 14.5 Å². The molecule has 0 aliphatic carbocycles. The van der Waals surface area contributed by atoms with Gasteiger partial charge in [0.2, 0.25) is 11.8 Å². The first kappa shape index (κ1) is 16.8. The molecule has 7 nitrogen and oxygen atoms in total. The number of benzene rings is 1. The zero-order valence-electron chi connectivity index (χ0n) is 13.5. The first-order valence-corrected chi connectivity index (χ1v) is 9.68. The average molecular weight is 352 g/mol. The molecule has 24 heavy (non-hydrogen) atoms. The number of para-hydroxylation sites is 2. The Hall–Kier alpha value is -2.09. The van der Waals surface area contributed by atoms with Gasteiger partial charge in [0, 0.05) is 13.1 Å². The Morgan fingerprint density at radius 1 is 1.38 bits per heavy atom. The number of hydrogen-bond donors (Lipinski definition) is 0. The summed E-state index contributed by atoms with van der Waals surface area (Å²) < 4.78 is 28.8. The van der Waals surface area contributed by atoms with Gasteiger partial charge in [0.1, 0.15) is 12.3 Å². The summed E-state index contributed by atoms with van der Waals surface area (Å²) in [4.78, 5) is 27.8. The number of likely N-dealkylation sites (N-methyl/N-ethyl adjacent to an activating group) is 1. The Kier molecular flexibility index (Phi) is 4.49. The molecule has 0 unspecified atom stereocenters. The van der Waals surface area contributed by atoms with Crippen molar-refractivity contribution in [2.45, 2.75) is 18.9 Å². The SMILES string of the molecule is CN(C(=O)CN1C(=O)CCOc2ccccc21)[C@@H]1CCS(=O)(=O)C1. The maximum absolute atomic E-state index is 12.6. The molecular formula is C16H20N2O5S. The van der Waals surface area contributed by atoms with Gasteiger partial charge in [-0.25, -0.2) is 8.42 Å². The first-order valence-electron chi connectivity index (χ1n) is 7.86. The fourth-order valence-electron chi connectivity index (χ4n) is 3.02. The van der Waals surface area contributed by atoms with E-state index in [1.807, 2.05) is 6.07 Å². The van der Waals surface area contributed by atoms with Gasteiger partial charge in [-0.1, -0.05) is 12.1 Å². The number of fused-ring (bicyclic) bond motifs is 1. The number of rotatable bonds is 3. The van der Waals surface area contributed by atoms with Crippen LogP contribution >= 0.6 is 0 Å². The molecule has 0 radical (unpaired) electrons. The first-order chi connectivity index (χ1) is 11.4. The number of ether oxygens (including phenoxy) is 1. The number of hydrogen-bond acceptors (Lipinski definition) is 5. The van der Waals surface area contributed by atoms with Crippen LogP contribution in [0, 0.1) is 0 Å². The molecule has 8 heteroatoms. The summed E-state index contributed by atoms with van der Waals surface area (Å²) in [5, 5.41) is 0. The Morgan fingerprint density at radius 3 is 2.83 bits per heavy atom. The lowest BCUT2D eigenvalue weighted by Crippen LogP contribution is -2.45. The molecule has 1 fully saturated rings. The molecule has 2 aliphatic heterocycles. The van der Waals surface area contributed by atoms with Gasteiger partial charge in [0.25, 0.3) is 0 Å². The zero-order valence-corrected chi connectivity index (χ0v) is 14.3. The summed E-state index contributed by atoms with van der Waals surface area (Å²) in [5.41, 5.74) is 0.570. The van der Waals surface area contributed by atoms with Crippen molar-refractivity contribution in [2.24, 2.45) is 0 Å². The standard InChI is InChI=1S/C16H20N2O5S/c1-17(12-7-9-24(21,22)11-12)16(20)10-18-13-4-2-3-5-14(13)23-8-6-15(18)19/h2-5,12H,6-11H2,1H3/t12-/m1/s1. The minimum atomic E-state index is -3.07. The van der Waals surface area contributed by atoms with Crippen molar-refractivity contribution in [3.63, 3.8) is 0 Å². The quantitative estimate of drug-likeness (QED) is 0.788. The van der Waals surface area contributed by atoms with Crippen LogP contribution in [-0.4, -0.2) is 62.9 Å². The highest BCUT2D eigenvalue weighted by molar-refractivity contribution is 7.91. The van der Waals surface area contributed by atoms with E-state index in [1.165, 1.54) is 9.80 Å². The lowest BCUT2D eigenvalue weighted by Gasteiger charge is -2.27.